The smallest absolute Gasteiger partial charge is 0.119 e. The molecule has 1 aliphatic rings. The Kier molecular flexibility index (Phi) is 4.39. The summed E-state index contributed by atoms with van der Waals surface area (Å²) in [6.07, 6.45) is 3.12. The first-order chi connectivity index (χ1) is 11.0. The van der Waals surface area contributed by atoms with Crippen molar-refractivity contribution in [2.24, 2.45) is 0 Å². The van der Waals surface area contributed by atoms with Crippen molar-refractivity contribution in [2.75, 3.05) is 13.2 Å². The molecular weight excluding hydrogens is 288 g/mol. The summed E-state index contributed by atoms with van der Waals surface area (Å²) in [6, 6.07) is 6.45. The van der Waals surface area contributed by atoms with E-state index in [0.29, 0.717) is 6.61 Å². The van der Waals surface area contributed by atoms with Crippen LogP contribution in [0.1, 0.15) is 44.5 Å². The van der Waals surface area contributed by atoms with Crippen molar-refractivity contribution >= 4 is 0 Å². The quantitative estimate of drug-likeness (QED) is 0.870. The Morgan fingerprint density at radius 3 is 2.74 bits per heavy atom. The maximum absolute atomic E-state index is 5.59. The first-order valence-electron chi connectivity index (χ1n) is 8.34. The van der Waals surface area contributed by atoms with Crippen molar-refractivity contribution in [3.05, 3.63) is 41.2 Å². The predicted octanol–water partition coefficient (Wildman–Crippen LogP) is 2.99. The summed E-state index contributed by atoms with van der Waals surface area (Å²) in [5.41, 5.74) is 3.82. The Morgan fingerprint density at radius 2 is 2.04 bits per heavy atom. The Bertz CT molecular complexity index is 672. The van der Waals surface area contributed by atoms with Gasteiger partial charge in [0, 0.05) is 19.6 Å². The van der Waals surface area contributed by atoms with Crippen LogP contribution in [0.15, 0.2) is 24.4 Å². The van der Waals surface area contributed by atoms with E-state index in [1.807, 2.05) is 11.6 Å². The summed E-state index contributed by atoms with van der Waals surface area (Å²) in [4.78, 5) is 2.43. The molecule has 1 aliphatic heterocycles. The zero-order valence-electron chi connectivity index (χ0n) is 14.5. The molecule has 0 aliphatic carbocycles. The molecule has 0 amide bonds. The molecule has 0 spiro atoms. The maximum Gasteiger partial charge on any atom is 0.119 e. The SMILES string of the molecule is CCOc1ccc2c(c1)CCN(Cc1cn(C(C)(C)C)nn1)C2. The summed E-state index contributed by atoms with van der Waals surface area (Å²) < 4.78 is 7.53. The van der Waals surface area contributed by atoms with Crippen molar-refractivity contribution in [3.8, 4) is 5.75 Å². The van der Waals surface area contributed by atoms with Crippen molar-refractivity contribution in [3.63, 3.8) is 0 Å². The fourth-order valence-electron chi connectivity index (χ4n) is 2.91. The Hall–Kier alpha value is -1.88. The molecule has 0 saturated carbocycles. The minimum Gasteiger partial charge on any atom is -0.494 e. The van der Waals surface area contributed by atoms with Gasteiger partial charge in [-0.15, -0.1) is 5.10 Å². The van der Waals surface area contributed by atoms with E-state index in [1.54, 1.807) is 0 Å². The maximum atomic E-state index is 5.59. The topological polar surface area (TPSA) is 43.2 Å². The monoisotopic (exact) mass is 314 g/mol. The van der Waals surface area contributed by atoms with Crippen molar-refractivity contribution in [1.29, 1.82) is 0 Å². The second-order valence-electron chi connectivity index (χ2n) is 7.15. The summed E-state index contributed by atoms with van der Waals surface area (Å²) in [5, 5.41) is 8.58. The second kappa shape index (κ2) is 6.32. The lowest BCUT2D eigenvalue weighted by molar-refractivity contribution is 0.242. The number of rotatable bonds is 4. The summed E-state index contributed by atoms with van der Waals surface area (Å²) >= 11 is 0. The van der Waals surface area contributed by atoms with Crippen LogP contribution in [0.3, 0.4) is 0 Å². The summed E-state index contributed by atoms with van der Waals surface area (Å²) in [6.45, 7) is 12.0. The van der Waals surface area contributed by atoms with Gasteiger partial charge < -0.3 is 4.74 Å². The zero-order valence-corrected chi connectivity index (χ0v) is 14.5. The van der Waals surface area contributed by atoms with Gasteiger partial charge in [-0.2, -0.15) is 0 Å². The molecule has 5 heteroatoms. The Morgan fingerprint density at radius 1 is 1.22 bits per heavy atom. The lowest BCUT2D eigenvalue weighted by atomic mass is 9.99. The van der Waals surface area contributed by atoms with Gasteiger partial charge in [0.2, 0.25) is 0 Å². The van der Waals surface area contributed by atoms with E-state index in [9.17, 15) is 0 Å². The first-order valence-corrected chi connectivity index (χ1v) is 8.34. The van der Waals surface area contributed by atoms with Crippen molar-refractivity contribution < 1.29 is 4.74 Å². The number of aromatic nitrogens is 3. The minimum absolute atomic E-state index is 0.0184. The average molecular weight is 314 g/mol. The normalized spacial score (nSPS) is 15.5. The molecule has 0 bridgehead atoms. The molecule has 1 aromatic carbocycles. The number of benzene rings is 1. The first kappa shape index (κ1) is 16.0. The third-order valence-electron chi connectivity index (χ3n) is 4.19. The number of hydrogen-bond donors (Lipinski definition) is 0. The average Bonchev–Trinajstić information content (AvgIpc) is 2.96. The number of fused-ring (bicyclic) bond motifs is 1. The summed E-state index contributed by atoms with van der Waals surface area (Å²) in [7, 11) is 0. The molecule has 23 heavy (non-hydrogen) atoms. The molecule has 0 fully saturated rings. The second-order valence-corrected chi connectivity index (χ2v) is 7.15. The molecule has 0 saturated heterocycles. The van der Waals surface area contributed by atoms with Crippen LogP contribution < -0.4 is 4.74 Å². The molecule has 0 atom stereocenters. The van der Waals surface area contributed by atoms with E-state index in [2.05, 4.69) is 60.4 Å². The number of hydrogen-bond acceptors (Lipinski definition) is 4. The predicted molar refractivity (Wildman–Crippen MR) is 90.4 cm³/mol. The van der Waals surface area contributed by atoms with E-state index in [-0.39, 0.29) is 5.54 Å². The van der Waals surface area contributed by atoms with Crippen molar-refractivity contribution in [1.82, 2.24) is 19.9 Å². The van der Waals surface area contributed by atoms with Crippen LogP contribution >= 0.6 is 0 Å². The van der Waals surface area contributed by atoms with Gasteiger partial charge in [0.1, 0.15) is 5.75 Å². The fourth-order valence-corrected chi connectivity index (χ4v) is 2.91. The highest BCUT2D eigenvalue weighted by atomic mass is 16.5. The molecule has 5 nitrogen and oxygen atoms in total. The van der Waals surface area contributed by atoms with Gasteiger partial charge in [-0.25, -0.2) is 4.68 Å². The molecule has 0 unspecified atom stereocenters. The summed E-state index contributed by atoms with van der Waals surface area (Å²) in [5.74, 6) is 0.979. The largest absolute Gasteiger partial charge is 0.494 e. The van der Waals surface area contributed by atoms with E-state index in [4.69, 9.17) is 4.74 Å². The minimum atomic E-state index is -0.0184. The van der Waals surface area contributed by atoms with E-state index in [1.165, 1.54) is 11.1 Å². The molecule has 2 heterocycles. The van der Waals surface area contributed by atoms with Gasteiger partial charge >= 0.3 is 0 Å². The highest BCUT2D eigenvalue weighted by molar-refractivity contribution is 5.37. The molecule has 2 aromatic rings. The van der Waals surface area contributed by atoms with Crippen LogP contribution in [0, 0.1) is 0 Å². The zero-order chi connectivity index (χ0) is 16.4. The lowest BCUT2D eigenvalue weighted by Gasteiger charge is -2.28. The van der Waals surface area contributed by atoms with Gasteiger partial charge in [0.05, 0.1) is 24.0 Å². The van der Waals surface area contributed by atoms with Crippen LogP contribution in [0.25, 0.3) is 0 Å². The van der Waals surface area contributed by atoms with E-state index < -0.39 is 0 Å². The van der Waals surface area contributed by atoms with Gasteiger partial charge in [-0.1, -0.05) is 11.3 Å². The van der Waals surface area contributed by atoms with Crippen LogP contribution in [0.2, 0.25) is 0 Å². The van der Waals surface area contributed by atoms with Gasteiger partial charge in [0.25, 0.3) is 0 Å². The Labute approximate surface area is 138 Å². The fraction of sp³-hybridized carbons (Fsp3) is 0.556. The molecule has 3 rings (SSSR count). The number of ether oxygens (including phenoxy) is 1. The van der Waals surface area contributed by atoms with Gasteiger partial charge in [-0.3, -0.25) is 4.90 Å². The molecular formula is C18H26N4O. The molecule has 1 aromatic heterocycles. The highest BCUT2D eigenvalue weighted by Gasteiger charge is 2.20. The standard InChI is InChI=1S/C18H26N4O/c1-5-23-17-7-6-15-11-21(9-8-14(15)10-17)12-16-13-22(20-19-16)18(2,3)4/h6-7,10,13H,5,8-9,11-12H2,1-4H3. The number of nitrogens with zero attached hydrogens (tertiary/aromatic N) is 4. The Balaban J connectivity index is 1.67. The van der Waals surface area contributed by atoms with E-state index in [0.717, 1.165) is 37.5 Å². The molecule has 0 radical (unpaired) electrons. The molecule has 0 N–H and O–H groups in total. The lowest BCUT2D eigenvalue weighted by Crippen LogP contribution is -2.30. The third kappa shape index (κ3) is 3.72. The third-order valence-corrected chi connectivity index (χ3v) is 4.19. The highest BCUT2D eigenvalue weighted by Crippen LogP contribution is 2.24. The van der Waals surface area contributed by atoms with Crippen molar-refractivity contribution in [2.45, 2.75) is 52.7 Å². The van der Waals surface area contributed by atoms with Crippen LogP contribution in [0.4, 0.5) is 0 Å². The van der Waals surface area contributed by atoms with E-state index >= 15 is 0 Å². The van der Waals surface area contributed by atoms with Crippen LogP contribution in [-0.2, 0) is 25.0 Å². The van der Waals surface area contributed by atoms with Crippen LogP contribution in [-0.4, -0.2) is 33.0 Å². The molecule has 124 valence electrons. The van der Waals surface area contributed by atoms with Gasteiger partial charge in [-0.05, 0) is 57.4 Å². The van der Waals surface area contributed by atoms with Crippen LogP contribution in [0.5, 0.6) is 5.75 Å². The van der Waals surface area contributed by atoms with Gasteiger partial charge in [0.15, 0.2) is 0 Å².